The number of aliphatic imine (C=N–C) groups is 1. The molecular formula is C19H16F3N5O2S. The van der Waals surface area contributed by atoms with Crippen LogP contribution in [0.4, 0.5) is 24.5 Å². The zero-order valence-corrected chi connectivity index (χ0v) is 16.2. The number of fused-ring (bicyclic) bond motifs is 1. The number of benzene rings is 2. The first-order chi connectivity index (χ1) is 14.4. The fraction of sp³-hybridized carbons (Fsp3) is 0.211. The van der Waals surface area contributed by atoms with Crippen molar-refractivity contribution in [3.63, 3.8) is 0 Å². The zero-order valence-electron chi connectivity index (χ0n) is 15.4. The van der Waals surface area contributed by atoms with E-state index in [4.69, 9.17) is 0 Å². The number of halogens is 3. The number of anilines is 2. The predicted octanol–water partition coefficient (Wildman–Crippen LogP) is 2.23. The van der Waals surface area contributed by atoms with Crippen molar-refractivity contribution in [3.05, 3.63) is 59.9 Å². The maximum absolute atomic E-state index is 13.8. The number of hydrogen-bond donors (Lipinski definition) is 3. The minimum absolute atomic E-state index is 0.103. The van der Waals surface area contributed by atoms with Gasteiger partial charge in [-0.1, -0.05) is 11.8 Å². The number of rotatable bonds is 4. The van der Waals surface area contributed by atoms with Crippen LogP contribution in [0.25, 0.3) is 0 Å². The molecule has 1 fully saturated rings. The molecule has 156 valence electrons. The topological polar surface area (TPSA) is 85.8 Å². The van der Waals surface area contributed by atoms with Crippen molar-refractivity contribution in [2.75, 3.05) is 22.5 Å². The van der Waals surface area contributed by atoms with Crippen molar-refractivity contribution in [1.29, 1.82) is 0 Å². The summed E-state index contributed by atoms with van der Waals surface area (Å²) in [5, 5.41) is 2.79. The maximum atomic E-state index is 13.8. The van der Waals surface area contributed by atoms with Gasteiger partial charge in [-0.15, -0.1) is 0 Å². The van der Waals surface area contributed by atoms with Crippen molar-refractivity contribution in [1.82, 2.24) is 10.9 Å². The van der Waals surface area contributed by atoms with Gasteiger partial charge in [0, 0.05) is 18.3 Å². The third kappa shape index (κ3) is 4.18. The predicted molar refractivity (Wildman–Crippen MR) is 107 cm³/mol. The van der Waals surface area contributed by atoms with Gasteiger partial charge in [-0.2, -0.15) is 0 Å². The van der Waals surface area contributed by atoms with Crippen LogP contribution in [0, 0.1) is 23.4 Å². The smallest absolute Gasteiger partial charge is 0.241 e. The Morgan fingerprint density at radius 1 is 1.17 bits per heavy atom. The van der Waals surface area contributed by atoms with Gasteiger partial charge in [0.1, 0.15) is 12.0 Å². The molecule has 0 bridgehead atoms. The average molecular weight is 435 g/mol. The van der Waals surface area contributed by atoms with Crippen molar-refractivity contribution in [2.45, 2.75) is 6.17 Å². The minimum Gasteiger partial charge on any atom is -0.325 e. The van der Waals surface area contributed by atoms with Crippen molar-refractivity contribution >= 4 is 40.1 Å². The molecule has 1 saturated heterocycles. The van der Waals surface area contributed by atoms with Gasteiger partial charge in [-0.25, -0.2) is 23.6 Å². The Labute approximate surface area is 173 Å². The summed E-state index contributed by atoms with van der Waals surface area (Å²) >= 11 is 0.979. The van der Waals surface area contributed by atoms with Crippen molar-refractivity contribution < 1.29 is 22.8 Å². The Hall–Kier alpha value is -2.89. The number of carbonyl (C=O) groups excluding carboxylic acids is 2. The Bertz CT molecular complexity index is 1020. The van der Waals surface area contributed by atoms with Gasteiger partial charge in [0.25, 0.3) is 0 Å². The SMILES string of the molecule is O=C(CSC1=NC2NNCC2C(=O)N1c1ccc(F)c(F)c1)Nc1ccc(F)cc1. The number of nitrogens with one attached hydrogen (secondary N) is 3. The fourth-order valence-corrected chi connectivity index (χ4v) is 3.94. The highest BCUT2D eigenvalue weighted by molar-refractivity contribution is 8.14. The molecule has 2 aromatic rings. The van der Waals surface area contributed by atoms with Gasteiger partial charge in [0.05, 0.1) is 17.4 Å². The van der Waals surface area contributed by atoms with Crippen LogP contribution in [-0.4, -0.2) is 35.4 Å². The molecule has 2 atom stereocenters. The molecule has 0 saturated carbocycles. The normalized spacial score (nSPS) is 20.7. The molecule has 2 aliphatic rings. The lowest BCUT2D eigenvalue weighted by atomic mass is 10.0. The molecule has 30 heavy (non-hydrogen) atoms. The number of nitrogens with zero attached hydrogens (tertiary/aromatic N) is 2. The molecule has 0 radical (unpaired) electrons. The largest absolute Gasteiger partial charge is 0.325 e. The molecule has 0 spiro atoms. The molecule has 2 aliphatic heterocycles. The van der Waals surface area contributed by atoms with Crippen LogP contribution in [0.15, 0.2) is 47.5 Å². The highest BCUT2D eigenvalue weighted by Gasteiger charge is 2.42. The van der Waals surface area contributed by atoms with Crippen LogP contribution < -0.4 is 21.1 Å². The molecule has 0 aromatic heterocycles. The third-order valence-corrected chi connectivity index (χ3v) is 5.51. The van der Waals surface area contributed by atoms with E-state index in [1.807, 2.05) is 0 Å². The summed E-state index contributed by atoms with van der Waals surface area (Å²) < 4.78 is 40.1. The number of carbonyl (C=O) groups is 2. The Morgan fingerprint density at radius 2 is 1.93 bits per heavy atom. The number of amidine groups is 1. The first kappa shape index (κ1) is 20.4. The van der Waals surface area contributed by atoms with E-state index >= 15 is 0 Å². The van der Waals surface area contributed by atoms with E-state index in [0.717, 1.165) is 23.9 Å². The zero-order chi connectivity index (χ0) is 21.3. The second kappa shape index (κ2) is 8.46. The first-order valence-electron chi connectivity index (χ1n) is 8.96. The fourth-order valence-electron chi connectivity index (χ4n) is 3.09. The molecule has 2 heterocycles. The van der Waals surface area contributed by atoms with Crippen LogP contribution in [0.2, 0.25) is 0 Å². The van der Waals surface area contributed by atoms with Gasteiger partial charge in [0.15, 0.2) is 16.8 Å². The number of hydrogen-bond acceptors (Lipinski definition) is 6. The molecule has 3 N–H and O–H groups in total. The van der Waals surface area contributed by atoms with E-state index in [2.05, 4.69) is 21.2 Å². The van der Waals surface area contributed by atoms with Crippen molar-refractivity contribution in [2.24, 2.45) is 10.9 Å². The van der Waals surface area contributed by atoms with Crippen LogP contribution in [0.3, 0.4) is 0 Å². The molecular weight excluding hydrogens is 419 g/mol. The number of thioether (sulfide) groups is 1. The molecule has 2 unspecified atom stereocenters. The maximum Gasteiger partial charge on any atom is 0.241 e. The monoisotopic (exact) mass is 435 g/mol. The van der Waals surface area contributed by atoms with E-state index in [-0.39, 0.29) is 22.5 Å². The van der Waals surface area contributed by atoms with Crippen molar-refractivity contribution in [3.8, 4) is 0 Å². The van der Waals surface area contributed by atoms with E-state index in [0.29, 0.717) is 12.2 Å². The standard InChI is InChI=1S/C19H16F3N5O2S/c20-10-1-3-11(4-2-10)24-16(28)9-30-19-25-17-13(8-23-26-17)18(29)27(19)12-5-6-14(21)15(22)7-12/h1-7,13,17,23,26H,8-9H2,(H,24,28). The average Bonchev–Trinajstić information content (AvgIpc) is 3.19. The molecule has 7 nitrogen and oxygen atoms in total. The van der Waals surface area contributed by atoms with Crippen LogP contribution >= 0.6 is 11.8 Å². The van der Waals surface area contributed by atoms with Crippen LogP contribution in [0.1, 0.15) is 0 Å². The molecule has 11 heteroatoms. The van der Waals surface area contributed by atoms with E-state index in [1.165, 1.54) is 35.2 Å². The summed E-state index contributed by atoms with van der Waals surface area (Å²) in [5.41, 5.74) is 6.27. The highest BCUT2D eigenvalue weighted by atomic mass is 32.2. The van der Waals surface area contributed by atoms with Crippen LogP contribution in [0.5, 0.6) is 0 Å². The molecule has 2 aromatic carbocycles. The lowest BCUT2D eigenvalue weighted by Gasteiger charge is -2.32. The summed E-state index contributed by atoms with van der Waals surface area (Å²) in [6.45, 7) is 0.330. The lowest BCUT2D eigenvalue weighted by molar-refractivity contribution is -0.121. The number of hydrazine groups is 1. The van der Waals surface area contributed by atoms with Gasteiger partial charge in [-0.05, 0) is 36.4 Å². The minimum atomic E-state index is -1.09. The third-order valence-electron chi connectivity index (χ3n) is 4.55. The molecule has 2 amide bonds. The summed E-state index contributed by atoms with van der Waals surface area (Å²) in [4.78, 5) is 30.9. The summed E-state index contributed by atoms with van der Waals surface area (Å²) in [6, 6.07) is 8.41. The van der Waals surface area contributed by atoms with E-state index < -0.39 is 35.4 Å². The quantitative estimate of drug-likeness (QED) is 0.686. The molecule has 0 aliphatic carbocycles. The summed E-state index contributed by atoms with van der Waals surface area (Å²) in [6.07, 6.45) is -0.526. The van der Waals surface area contributed by atoms with Gasteiger partial charge >= 0.3 is 0 Å². The first-order valence-corrected chi connectivity index (χ1v) is 9.94. The van der Waals surface area contributed by atoms with E-state index in [1.54, 1.807) is 0 Å². The number of amides is 2. The Balaban J connectivity index is 1.53. The summed E-state index contributed by atoms with van der Waals surface area (Å²) in [7, 11) is 0. The highest BCUT2D eigenvalue weighted by Crippen LogP contribution is 2.30. The second-order valence-corrected chi connectivity index (χ2v) is 7.55. The van der Waals surface area contributed by atoms with Gasteiger partial charge in [0.2, 0.25) is 11.8 Å². The Kier molecular flexibility index (Phi) is 5.75. The van der Waals surface area contributed by atoms with Gasteiger partial charge < -0.3 is 5.32 Å². The Morgan fingerprint density at radius 3 is 2.67 bits per heavy atom. The lowest BCUT2D eigenvalue weighted by Crippen LogP contribution is -2.49. The van der Waals surface area contributed by atoms with E-state index in [9.17, 15) is 22.8 Å². The van der Waals surface area contributed by atoms with Gasteiger partial charge in [-0.3, -0.25) is 19.9 Å². The van der Waals surface area contributed by atoms with Crippen LogP contribution in [-0.2, 0) is 9.59 Å². The molecule has 4 rings (SSSR count). The second-order valence-electron chi connectivity index (χ2n) is 6.60. The summed E-state index contributed by atoms with van der Waals surface area (Å²) in [5.74, 6) is -3.92.